The number of para-hydroxylation sites is 1. The molecule has 0 amide bonds. The Labute approximate surface area is 120 Å². The largest absolute Gasteiger partial charge is 0.397 e. The maximum atomic E-state index is 6.13. The summed E-state index contributed by atoms with van der Waals surface area (Å²) in [5.41, 5.74) is 12.2. The number of rotatable bonds is 3. The van der Waals surface area contributed by atoms with Gasteiger partial charge in [0.1, 0.15) is 0 Å². The molecule has 0 bridgehead atoms. The van der Waals surface area contributed by atoms with Gasteiger partial charge in [-0.25, -0.2) is 0 Å². The lowest BCUT2D eigenvalue weighted by Crippen LogP contribution is -2.20. The fourth-order valence-corrected chi connectivity index (χ4v) is 2.84. The maximum Gasteiger partial charge on any atom is 0.0636 e. The predicted molar refractivity (Wildman–Crippen MR) is 86.4 cm³/mol. The van der Waals surface area contributed by atoms with Crippen LogP contribution in [0.4, 0.5) is 17.1 Å². The van der Waals surface area contributed by atoms with Crippen LogP contribution in [-0.2, 0) is 13.0 Å². The van der Waals surface area contributed by atoms with Crippen LogP contribution in [-0.4, -0.2) is 20.6 Å². The molecule has 0 radical (unpaired) electrons. The summed E-state index contributed by atoms with van der Waals surface area (Å²) in [7, 11) is 4.12. The summed E-state index contributed by atoms with van der Waals surface area (Å²) in [5, 5.41) is 0. The van der Waals surface area contributed by atoms with Crippen LogP contribution in [0.5, 0.6) is 0 Å². The Morgan fingerprint density at radius 3 is 2.55 bits per heavy atom. The first-order valence-electron chi connectivity index (χ1n) is 7.04. The van der Waals surface area contributed by atoms with Crippen LogP contribution in [0.3, 0.4) is 0 Å². The van der Waals surface area contributed by atoms with E-state index in [-0.39, 0.29) is 0 Å². The van der Waals surface area contributed by atoms with Crippen molar-refractivity contribution < 1.29 is 0 Å². The van der Waals surface area contributed by atoms with E-state index in [4.69, 9.17) is 5.73 Å². The normalized spacial score (nSPS) is 13.4. The molecular formula is C17H21N3. The third kappa shape index (κ3) is 2.31. The third-order valence-corrected chi connectivity index (χ3v) is 3.94. The number of nitrogens with two attached hydrogens (primary N) is 1. The Balaban J connectivity index is 1.80. The number of benzene rings is 2. The van der Waals surface area contributed by atoms with E-state index >= 15 is 0 Å². The molecule has 0 saturated carbocycles. The summed E-state index contributed by atoms with van der Waals surface area (Å²) in [6.07, 6.45) is 1.09. The highest BCUT2D eigenvalue weighted by molar-refractivity contribution is 5.74. The molecule has 0 fully saturated rings. The van der Waals surface area contributed by atoms with Gasteiger partial charge in [-0.2, -0.15) is 0 Å². The molecule has 3 nitrogen and oxygen atoms in total. The first-order chi connectivity index (χ1) is 9.65. The molecule has 3 heteroatoms. The van der Waals surface area contributed by atoms with Crippen molar-refractivity contribution in [2.24, 2.45) is 0 Å². The molecule has 2 N–H and O–H groups in total. The van der Waals surface area contributed by atoms with Crippen LogP contribution in [0, 0.1) is 0 Å². The summed E-state index contributed by atoms with van der Waals surface area (Å²) in [6.45, 7) is 1.98. The van der Waals surface area contributed by atoms with Gasteiger partial charge in [-0.05, 0) is 35.7 Å². The SMILES string of the molecule is CN(C)c1ccc(CN2CCc3cccc(N)c32)cc1. The second-order valence-corrected chi connectivity index (χ2v) is 5.59. The molecule has 1 aliphatic rings. The fourth-order valence-electron chi connectivity index (χ4n) is 2.84. The third-order valence-electron chi connectivity index (χ3n) is 3.94. The van der Waals surface area contributed by atoms with Crippen LogP contribution in [0.1, 0.15) is 11.1 Å². The molecule has 20 heavy (non-hydrogen) atoms. The minimum absolute atomic E-state index is 0.893. The second kappa shape index (κ2) is 5.08. The fraction of sp³-hybridized carbons (Fsp3) is 0.294. The van der Waals surface area contributed by atoms with E-state index in [0.717, 1.165) is 25.2 Å². The molecule has 0 saturated heterocycles. The summed E-state index contributed by atoms with van der Waals surface area (Å²) < 4.78 is 0. The first-order valence-corrected chi connectivity index (χ1v) is 7.04. The summed E-state index contributed by atoms with van der Waals surface area (Å²) in [5.74, 6) is 0. The highest BCUT2D eigenvalue weighted by Gasteiger charge is 2.21. The molecule has 104 valence electrons. The quantitative estimate of drug-likeness (QED) is 0.868. The van der Waals surface area contributed by atoms with Crippen molar-refractivity contribution in [1.29, 1.82) is 0 Å². The molecule has 1 heterocycles. The van der Waals surface area contributed by atoms with E-state index in [0.29, 0.717) is 0 Å². The van der Waals surface area contributed by atoms with E-state index in [1.807, 2.05) is 12.1 Å². The zero-order valence-electron chi connectivity index (χ0n) is 12.1. The summed E-state index contributed by atoms with van der Waals surface area (Å²) >= 11 is 0. The molecule has 0 aliphatic carbocycles. The second-order valence-electron chi connectivity index (χ2n) is 5.59. The van der Waals surface area contributed by atoms with Crippen molar-refractivity contribution in [2.45, 2.75) is 13.0 Å². The van der Waals surface area contributed by atoms with Crippen molar-refractivity contribution in [1.82, 2.24) is 0 Å². The standard InChI is InChI=1S/C17H21N3/c1-19(2)15-8-6-13(7-9-15)12-20-11-10-14-4-3-5-16(18)17(14)20/h3-9H,10-12,18H2,1-2H3. The smallest absolute Gasteiger partial charge is 0.0636 e. The lowest BCUT2D eigenvalue weighted by atomic mass is 10.1. The highest BCUT2D eigenvalue weighted by Crippen LogP contribution is 2.34. The number of anilines is 3. The van der Waals surface area contributed by atoms with Gasteiger partial charge in [0.25, 0.3) is 0 Å². The van der Waals surface area contributed by atoms with Gasteiger partial charge in [0.15, 0.2) is 0 Å². The summed E-state index contributed by atoms with van der Waals surface area (Å²) in [6, 6.07) is 15.0. The Morgan fingerprint density at radius 1 is 1.10 bits per heavy atom. The van der Waals surface area contributed by atoms with Gasteiger partial charge in [0, 0.05) is 32.9 Å². The van der Waals surface area contributed by atoms with Crippen molar-refractivity contribution in [3.05, 3.63) is 53.6 Å². The molecule has 2 aromatic carbocycles. The number of hydrogen-bond donors (Lipinski definition) is 1. The molecule has 0 unspecified atom stereocenters. The van der Waals surface area contributed by atoms with E-state index < -0.39 is 0 Å². The van der Waals surface area contributed by atoms with Crippen molar-refractivity contribution in [2.75, 3.05) is 36.2 Å². The van der Waals surface area contributed by atoms with Crippen LogP contribution in [0.25, 0.3) is 0 Å². The lowest BCUT2D eigenvalue weighted by molar-refractivity contribution is 0.836. The van der Waals surface area contributed by atoms with Crippen molar-refractivity contribution in [3.8, 4) is 0 Å². The van der Waals surface area contributed by atoms with Crippen LogP contribution < -0.4 is 15.5 Å². The van der Waals surface area contributed by atoms with E-state index in [2.05, 4.69) is 54.2 Å². The molecular weight excluding hydrogens is 246 g/mol. The molecule has 0 atom stereocenters. The minimum atomic E-state index is 0.893. The number of hydrogen-bond acceptors (Lipinski definition) is 3. The monoisotopic (exact) mass is 267 g/mol. The number of nitrogen functional groups attached to an aromatic ring is 1. The number of nitrogens with zero attached hydrogens (tertiary/aromatic N) is 2. The minimum Gasteiger partial charge on any atom is -0.397 e. The van der Waals surface area contributed by atoms with Gasteiger partial charge in [-0.3, -0.25) is 0 Å². The zero-order chi connectivity index (χ0) is 14.1. The number of fused-ring (bicyclic) bond motifs is 1. The van der Waals surface area contributed by atoms with Gasteiger partial charge >= 0.3 is 0 Å². The van der Waals surface area contributed by atoms with Gasteiger partial charge in [0.05, 0.1) is 11.4 Å². The van der Waals surface area contributed by atoms with Gasteiger partial charge in [0.2, 0.25) is 0 Å². The summed E-state index contributed by atoms with van der Waals surface area (Å²) in [4.78, 5) is 4.50. The highest BCUT2D eigenvalue weighted by atomic mass is 15.2. The molecule has 1 aliphatic heterocycles. The van der Waals surface area contributed by atoms with E-state index in [1.165, 1.54) is 22.5 Å². The maximum absolute atomic E-state index is 6.13. The van der Waals surface area contributed by atoms with Crippen LogP contribution in [0.15, 0.2) is 42.5 Å². The lowest BCUT2D eigenvalue weighted by Gasteiger charge is -2.21. The topological polar surface area (TPSA) is 32.5 Å². The Bertz CT molecular complexity index is 602. The van der Waals surface area contributed by atoms with Gasteiger partial charge in [-0.1, -0.05) is 24.3 Å². The molecule has 0 aromatic heterocycles. The molecule has 2 aromatic rings. The van der Waals surface area contributed by atoms with Crippen molar-refractivity contribution in [3.63, 3.8) is 0 Å². The first kappa shape index (κ1) is 12.9. The molecule has 3 rings (SSSR count). The predicted octanol–water partition coefficient (Wildman–Crippen LogP) is 2.90. The van der Waals surface area contributed by atoms with Gasteiger partial charge < -0.3 is 15.5 Å². The average Bonchev–Trinajstić information content (AvgIpc) is 2.84. The molecule has 0 spiro atoms. The van der Waals surface area contributed by atoms with E-state index in [9.17, 15) is 0 Å². The van der Waals surface area contributed by atoms with Crippen LogP contribution in [0.2, 0.25) is 0 Å². The zero-order valence-corrected chi connectivity index (χ0v) is 12.1. The van der Waals surface area contributed by atoms with Crippen LogP contribution >= 0.6 is 0 Å². The Morgan fingerprint density at radius 2 is 1.85 bits per heavy atom. The van der Waals surface area contributed by atoms with Gasteiger partial charge in [-0.15, -0.1) is 0 Å². The average molecular weight is 267 g/mol. The van der Waals surface area contributed by atoms with Crippen molar-refractivity contribution >= 4 is 17.1 Å². The Hall–Kier alpha value is -2.16. The Kier molecular flexibility index (Phi) is 3.26. The van der Waals surface area contributed by atoms with E-state index in [1.54, 1.807) is 0 Å².